The largest absolute Gasteiger partial charge is 0.508 e. The number of aromatic hydroxyl groups is 1. The third-order valence-electron chi connectivity index (χ3n) is 2.75. The number of phenolic OH excluding ortho intramolecular Hbond substituents is 1. The highest BCUT2D eigenvalue weighted by Gasteiger charge is 2.32. The van der Waals surface area contributed by atoms with Crippen molar-refractivity contribution < 1.29 is 24.9 Å². The summed E-state index contributed by atoms with van der Waals surface area (Å²) in [6.45, 7) is 1.13. The summed E-state index contributed by atoms with van der Waals surface area (Å²) in [6, 6.07) is 4.41. The first-order valence-corrected chi connectivity index (χ1v) is 5.63. The molecule has 1 aliphatic heterocycles. The first-order valence-electron chi connectivity index (χ1n) is 5.63. The third-order valence-corrected chi connectivity index (χ3v) is 2.75. The van der Waals surface area contributed by atoms with Crippen molar-refractivity contribution >= 4 is 11.6 Å². The lowest BCUT2D eigenvalue weighted by Gasteiger charge is -2.33. The number of hydrogen-bond donors (Lipinski definition) is 3. The summed E-state index contributed by atoms with van der Waals surface area (Å²) < 4.78 is 5.40. The molecule has 2 atom stereocenters. The van der Waals surface area contributed by atoms with Gasteiger partial charge in [-0.1, -0.05) is 0 Å². The molecule has 0 saturated heterocycles. The standard InChI is InChI=1S/C12H15NO5/c1-7-12(17)13(5-9(16)6-14)10-4-8(15)2-3-11(10)18-7/h2-4,7,9,14-16H,5-6H2,1H3. The maximum absolute atomic E-state index is 12.0. The van der Waals surface area contributed by atoms with E-state index in [2.05, 4.69) is 0 Å². The molecule has 6 heteroatoms. The molecule has 1 heterocycles. The molecule has 3 N–H and O–H groups in total. The monoisotopic (exact) mass is 253 g/mol. The predicted octanol–water partition coefficient (Wildman–Crippen LogP) is -0.141. The minimum absolute atomic E-state index is 0.00295. The molecular weight excluding hydrogens is 238 g/mol. The van der Waals surface area contributed by atoms with Gasteiger partial charge in [-0.3, -0.25) is 4.79 Å². The van der Waals surface area contributed by atoms with Gasteiger partial charge in [0.1, 0.15) is 11.5 Å². The Morgan fingerprint density at radius 1 is 1.50 bits per heavy atom. The van der Waals surface area contributed by atoms with Crippen LogP contribution < -0.4 is 9.64 Å². The first kappa shape index (κ1) is 12.7. The number of aliphatic hydroxyl groups is 2. The van der Waals surface area contributed by atoms with Crippen LogP contribution in [0, 0.1) is 0 Å². The minimum Gasteiger partial charge on any atom is -0.508 e. The summed E-state index contributed by atoms with van der Waals surface area (Å²) >= 11 is 0. The Kier molecular flexibility index (Phi) is 3.40. The van der Waals surface area contributed by atoms with E-state index in [-0.39, 0.29) is 18.2 Å². The second kappa shape index (κ2) is 4.83. The molecule has 0 radical (unpaired) electrons. The molecule has 98 valence electrons. The number of anilines is 1. The highest BCUT2D eigenvalue weighted by Crippen LogP contribution is 2.36. The molecule has 6 nitrogen and oxygen atoms in total. The number of ether oxygens (including phenoxy) is 1. The van der Waals surface area contributed by atoms with Crippen LogP contribution in [0.2, 0.25) is 0 Å². The maximum atomic E-state index is 12.0. The number of amides is 1. The van der Waals surface area contributed by atoms with Gasteiger partial charge in [-0.2, -0.15) is 0 Å². The molecule has 1 amide bonds. The summed E-state index contributed by atoms with van der Waals surface area (Å²) in [5.41, 5.74) is 0.394. The smallest absolute Gasteiger partial charge is 0.267 e. The van der Waals surface area contributed by atoms with E-state index in [1.54, 1.807) is 13.0 Å². The highest BCUT2D eigenvalue weighted by molar-refractivity contribution is 6.00. The van der Waals surface area contributed by atoms with Crippen LogP contribution in [0.15, 0.2) is 18.2 Å². The summed E-state index contributed by atoms with van der Waals surface area (Å²) in [4.78, 5) is 13.3. The minimum atomic E-state index is -1.03. The molecule has 1 aromatic carbocycles. The van der Waals surface area contributed by atoms with E-state index in [4.69, 9.17) is 9.84 Å². The lowest BCUT2D eigenvalue weighted by atomic mass is 10.1. The second-order valence-corrected chi connectivity index (χ2v) is 4.20. The van der Waals surface area contributed by atoms with Gasteiger partial charge in [-0.05, 0) is 19.1 Å². The van der Waals surface area contributed by atoms with Crippen LogP contribution in [0.1, 0.15) is 6.92 Å². The van der Waals surface area contributed by atoms with Crippen LogP contribution in [0.4, 0.5) is 5.69 Å². The Hall–Kier alpha value is -1.79. The van der Waals surface area contributed by atoms with Gasteiger partial charge < -0.3 is 25.0 Å². The van der Waals surface area contributed by atoms with Gasteiger partial charge >= 0.3 is 0 Å². The maximum Gasteiger partial charge on any atom is 0.267 e. The fourth-order valence-electron chi connectivity index (χ4n) is 1.85. The quantitative estimate of drug-likeness (QED) is 0.697. The van der Waals surface area contributed by atoms with Crippen LogP contribution in [0.25, 0.3) is 0 Å². The van der Waals surface area contributed by atoms with Gasteiger partial charge in [0.05, 0.1) is 24.9 Å². The molecule has 0 fully saturated rings. The van der Waals surface area contributed by atoms with E-state index >= 15 is 0 Å². The molecule has 0 saturated carbocycles. The Bertz CT molecular complexity index is 462. The van der Waals surface area contributed by atoms with E-state index in [1.807, 2.05) is 0 Å². The molecule has 18 heavy (non-hydrogen) atoms. The van der Waals surface area contributed by atoms with Crippen LogP contribution in [-0.4, -0.2) is 46.6 Å². The van der Waals surface area contributed by atoms with Crippen molar-refractivity contribution in [1.82, 2.24) is 0 Å². The van der Waals surface area contributed by atoms with Crippen molar-refractivity contribution in [3.05, 3.63) is 18.2 Å². The zero-order valence-corrected chi connectivity index (χ0v) is 9.91. The van der Waals surface area contributed by atoms with Crippen molar-refractivity contribution in [2.24, 2.45) is 0 Å². The van der Waals surface area contributed by atoms with E-state index < -0.39 is 18.8 Å². The van der Waals surface area contributed by atoms with Crippen molar-refractivity contribution in [2.45, 2.75) is 19.1 Å². The zero-order chi connectivity index (χ0) is 13.3. The molecule has 0 spiro atoms. The van der Waals surface area contributed by atoms with Gasteiger partial charge in [0.2, 0.25) is 0 Å². The van der Waals surface area contributed by atoms with Gasteiger partial charge in [0.25, 0.3) is 5.91 Å². The van der Waals surface area contributed by atoms with Crippen molar-refractivity contribution in [3.8, 4) is 11.5 Å². The van der Waals surface area contributed by atoms with E-state index in [9.17, 15) is 15.0 Å². The first-order chi connectivity index (χ1) is 8.52. The number of carbonyl (C=O) groups is 1. The van der Waals surface area contributed by atoms with Crippen molar-refractivity contribution in [1.29, 1.82) is 0 Å². The number of rotatable bonds is 3. The summed E-state index contributed by atoms with van der Waals surface area (Å²) in [7, 11) is 0. The van der Waals surface area contributed by atoms with Gasteiger partial charge in [0.15, 0.2) is 6.10 Å². The number of benzene rings is 1. The van der Waals surface area contributed by atoms with E-state index in [1.165, 1.54) is 17.0 Å². The number of hydrogen-bond acceptors (Lipinski definition) is 5. The van der Waals surface area contributed by atoms with Crippen molar-refractivity contribution in [2.75, 3.05) is 18.1 Å². The molecule has 0 aromatic heterocycles. The molecule has 1 aliphatic rings. The number of β-amino-alcohol motifs (C(OH)–C–C–N with tert-alkyl or cyclic N) is 1. The number of aliphatic hydroxyl groups excluding tert-OH is 2. The molecule has 1 aromatic rings. The molecule has 0 bridgehead atoms. The molecular formula is C12H15NO5. The third kappa shape index (κ3) is 2.25. The lowest BCUT2D eigenvalue weighted by molar-refractivity contribution is -0.126. The van der Waals surface area contributed by atoms with Gasteiger partial charge in [-0.15, -0.1) is 0 Å². The topological polar surface area (TPSA) is 90.2 Å². The van der Waals surface area contributed by atoms with Crippen LogP contribution >= 0.6 is 0 Å². The second-order valence-electron chi connectivity index (χ2n) is 4.20. The Morgan fingerprint density at radius 3 is 2.89 bits per heavy atom. The van der Waals surface area contributed by atoms with Crippen LogP contribution in [0.5, 0.6) is 11.5 Å². The molecule has 2 unspecified atom stereocenters. The highest BCUT2D eigenvalue weighted by atomic mass is 16.5. The Morgan fingerprint density at radius 2 is 2.22 bits per heavy atom. The summed E-state index contributed by atoms with van der Waals surface area (Å²) in [5, 5.41) is 27.8. The van der Waals surface area contributed by atoms with E-state index in [0.717, 1.165) is 0 Å². The average Bonchev–Trinajstić information content (AvgIpc) is 2.35. The fraction of sp³-hybridized carbons (Fsp3) is 0.417. The summed E-state index contributed by atoms with van der Waals surface area (Å²) in [6.07, 6.45) is -1.69. The summed E-state index contributed by atoms with van der Waals surface area (Å²) in [5.74, 6) is 0.147. The Labute approximate surface area is 104 Å². The normalized spacial score (nSPS) is 20.3. The molecule has 2 rings (SSSR count). The zero-order valence-electron chi connectivity index (χ0n) is 9.91. The Balaban J connectivity index is 2.37. The number of phenols is 1. The number of carbonyl (C=O) groups excluding carboxylic acids is 1. The SMILES string of the molecule is CC1Oc2ccc(O)cc2N(CC(O)CO)C1=O. The van der Waals surface area contributed by atoms with Crippen molar-refractivity contribution in [3.63, 3.8) is 0 Å². The van der Waals surface area contributed by atoms with Gasteiger partial charge in [0, 0.05) is 6.07 Å². The van der Waals surface area contributed by atoms with Crippen LogP contribution in [-0.2, 0) is 4.79 Å². The average molecular weight is 253 g/mol. The van der Waals surface area contributed by atoms with E-state index in [0.29, 0.717) is 11.4 Å². The predicted molar refractivity (Wildman–Crippen MR) is 63.6 cm³/mol. The lowest BCUT2D eigenvalue weighted by Crippen LogP contribution is -2.48. The molecule has 0 aliphatic carbocycles. The number of fused-ring (bicyclic) bond motifs is 1. The van der Waals surface area contributed by atoms with Gasteiger partial charge in [-0.25, -0.2) is 0 Å². The fourth-order valence-corrected chi connectivity index (χ4v) is 1.85. The van der Waals surface area contributed by atoms with Crippen LogP contribution in [0.3, 0.4) is 0 Å². The number of nitrogens with zero attached hydrogens (tertiary/aromatic N) is 1.